The van der Waals surface area contributed by atoms with Crippen LogP contribution in [-0.4, -0.2) is 27.8 Å². The van der Waals surface area contributed by atoms with Gasteiger partial charge in [0.2, 0.25) is 0 Å². The van der Waals surface area contributed by atoms with Crippen molar-refractivity contribution >= 4 is 19.7 Å². The molecule has 0 aromatic heterocycles. The third-order valence-electron chi connectivity index (χ3n) is 3.15. The SMILES string of the molecule is O=S(=O)(Cl)c1ccccc1[C@H]1C[C@H](OCCF)C1. The lowest BCUT2D eigenvalue weighted by molar-refractivity contribution is -0.0158. The molecular formula is C12H14ClFO3S. The molecular weight excluding hydrogens is 279 g/mol. The average Bonchev–Trinajstić information content (AvgIpc) is 2.26. The van der Waals surface area contributed by atoms with Crippen LogP contribution >= 0.6 is 10.7 Å². The number of halogens is 2. The van der Waals surface area contributed by atoms with E-state index in [1.165, 1.54) is 6.07 Å². The Morgan fingerprint density at radius 3 is 2.61 bits per heavy atom. The predicted octanol–water partition coefficient (Wildman–Crippen LogP) is 2.85. The van der Waals surface area contributed by atoms with E-state index >= 15 is 0 Å². The number of benzene rings is 1. The standard InChI is InChI=1S/C12H14ClFO3S/c13-18(15,16)12-4-2-1-3-11(12)9-7-10(8-9)17-6-5-14/h1-4,9-10H,5-8H2/t9-,10-. The Kier molecular flexibility index (Phi) is 4.25. The lowest BCUT2D eigenvalue weighted by Crippen LogP contribution is -2.31. The van der Waals surface area contributed by atoms with E-state index < -0.39 is 15.7 Å². The minimum atomic E-state index is -3.72. The molecule has 6 heteroatoms. The second-order valence-electron chi connectivity index (χ2n) is 4.33. The second-order valence-corrected chi connectivity index (χ2v) is 6.86. The van der Waals surface area contributed by atoms with Crippen molar-refractivity contribution in [1.29, 1.82) is 0 Å². The van der Waals surface area contributed by atoms with E-state index in [-0.39, 0.29) is 23.5 Å². The summed E-state index contributed by atoms with van der Waals surface area (Å²) in [5.41, 5.74) is 0.729. The summed E-state index contributed by atoms with van der Waals surface area (Å²) in [6, 6.07) is 6.71. The first kappa shape index (κ1) is 13.8. The average molecular weight is 293 g/mol. The molecule has 1 aliphatic rings. The molecule has 18 heavy (non-hydrogen) atoms. The zero-order chi connectivity index (χ0) is 13.2. The molecule has 1 aromatic carbocycles. The molecule has 3 nitrogen and oxygen atoms in total. The summed E-state index contributed by atoms with van der Waals surface area (Å²) in [4.78, 5) is 0.167. The molecule has 1 aliphatic carbocycles. The van der Waals surface area contributed by atoms with Crippen molar-refractivity contribution in [2.45, 2.75) is 29.8 Å². The number of ether oxygens (including phenoxy) is 1. The van der Waals surface area contributed by atoms with Crippen LogP contribution in [0.15, 0.2) is 29.2 Å². The number of hydrogen-bond donors (Lipinski definition) is 0. The molecule has 0 saturated heterocycles. The minimum Gasteiger partial charge on any atom is -0.375 e. The van der Waals surface area contributed by atoms with Gasteiger partial charge >= 0.3 is 0 Å². The highest BCUT2D eigenvalue weighted by atomic mass is 35.7. The van der Waals surface area contributed by atoms with Gasteiger partial charge in [0.15, 0.2) is 0 Å². The zero-order valence-electron chi connectivity index (χ0n) is 9.68. The van der Waals surface area contributed by atoms with Crippen LogP contribution in [0.25, 0.3) is 0 Å². The van der Waals surface area contributed by atoms with Crippen molar-refractivity contribution in [3.05, 3.63) is 29.8 Å². The third kappa shape index (κ3) is 3.02. The van der Waals surface area contributed by atoms with Crippen molar-refractivity contribution in [3.8, 4) is 0 Å². The van der Waals surface area contributed by atoms with Crippen molar-refractivity contribution in [1.82, 2.24) is 0 Å². The van der Waals surface area contributed by atoms with Gasteiger partial charge in [-0.05, 0) is 30.4 Å². The highest BCUT2D eigenvalue weighted by Crippen LogP contribution is 2.41. The highest BCUT2D eigenvalue weighted by molar-refractivity contribution is 8.13. The Balaban J connectivity index is 2.08. The van der Waals surface area contributed by atoms with Gasteiger partial charge in [-0.15, -0.1) is 0 Å². The number of alkyl halides is 1. The summed E-state index contributed by atoms with van der Waals surface area (Å²) < 4.78 is 40.1. The lowest BCUT2D eigenvalue weighted by atomic mass is 9.77. The molecule has 0 heterocycles. The highest BCUT2D eigenvalue weighted by Gasteiger charge is 2.34. The topological polar surface area (TPSA) is 43.4 Å². The van der Waals surface area contributed by atoms with Gasteiger partial charge in [-0.1, -0.05) is 18.2 Å². The van der Waals surface area contributed by atoms with Gasteiger partial charge in [0.25, 0.3) is 9.05 Å². The molecule has 1 saturated carbocycles. The van der Waals surface area contributed by atoms with Crippen LogP contribution in [0, 0.1) is 0 Å². The maximum absolute atomic E-state index is 11.9. The maximum atomic E-state index is 11.9. The molecule has 0 aliphatic heterocycles. The summed E-state index contributed by atoms with van der Waals surface area (Å²) in [6.45, 7) is -0.388. The van der Waals surface area contributed by atoms with Crippen molar-refractivity contribution in [2.24, 2.45) is 0 Å². The fourth-order valence-electron chi connectivity index (χ4n) is 2.21. The van der Waals surface area contributed by atoms with Crippen LogP contribution in [0.5, 0.6) is 0 Å². The van der Waals surface area contributed by atoms with Crippen LogP contribution in [0.3, 0.4) is 0 Å². The summed E-state index contributed by atoms with van der Waals surface area (Å²) in [5, 5.41) is 0. The Labute approximate surface area is 110 Å². The molecule has 0 bridgehead atoms. The van der Waals surface area contributed by atoms with Gasteiger partial charge in [0, 0.05) is 10.7 Å². The van der Waals surface area contributed by atoms with Crippen LogP contribution in [0.1, 0.15) is 24.3 Å². The summed E-state index contributed by atoms with van der Waals surface area (Å²) in [7, 11) is 1.68. The molecule has 0 atom stereocenters. The van der Waals surface area contributed by atoms with E-state index in [0.29, 0.717) is 12.8 Å². The largest absolute Gasteiger partial charge is 0.375 e. The van der Waals surface area contributed by atoms with Crippen LogP contribution < -0.4 is 0 Å². The third-order valence-corrected chi connectivity index (χ3v) is 4.54. The summed E-state index contributed by atoms with van der Waals surface area (Å²) in [6.07, 6.45) is 1.45. The molecule has 0 amide bonds. The second kappa shape index (κ2) is 5.55. The molecule has 0 radical (unpaired) electrons. The van der Waals surface area contributed by atoms with E-state index in [2.05, 4.69) is 0 Å². The molecule has 1 aromatic rings. The minimum absolute atomic E-state index is 0.0248. The molecule has 0 N–H and O–H groups in total. The maximum Gasteiger partial charge on any atom is 0.261 e. The normalized spacial score (nSPS) is 23.7. The number of hydrogen-bond acceptors (Lipinski definition) is 3. The Morgan fingerprint density at radius 2 is 2.00 bits per heavy atom. The van der Waals surface area contributed by atoms with E-state index in [4.69, 9.17) is 15.4 Å². The van der Waals surface area contributed by atoms with Gasteiger partial charge in [0.05, 0.1) is 17.6 Å². The lowest BCUT2D eigenvalue weighted by Gasteiger charge is -2.35. The van der Waals surface area contributed by atoms with Crippen molar-refractivity contribution in [2.75, 3.05) is 13.3 Å². The molecule has 0 spiro atoms. The van der Waals surface area contributed by atoms with Crippen molar-refractivity contribution in [3.63, 3.8) is 0 Å². The van der Waals surface area contributed by atoms with Gasteiger partial charge in [0.1, 0.15) is 6.67 Å². The molecule has 100 valence electrons. The Hall–Kier alpha value is -0.650. The Bertz CT molecular complexity index is 512. The number of rotatable bonds is 5. The smallest absolute Gasteiger partial charge is 0.261 e. The van der Waals surface area contributed by atoms with Gasteiger partial charge < -0.3 is 4.74 Å². The van der Waals surface area contributed by atoms with E-state index in [0.717, 1.165) is 5.56 Å². The monoisotopic (exact) mass is 292 g/mol. The van der Waals surface area contributed by atoms with E-state index in [1.54, 1.807) is 18.2 Å². The quantitative estimate of drug-likeness (QED) is 0.784. The Morgan fingerprint density at radius 1 is 1.33 bits per heavy atom. The molecule has 1 fully saturated rings. The summed E-state index contributed by atoms with van der Waals surface area (Å²) >= 11 is 0. The first-order chi connectivity index (χ1) is 8.52. The fourth-order valence-corrected chi connectivity index (χ4v) is 3.39. The molecule has 0 unspecified atom stereocenters. The van der Waals surface area contributed by atoms with Crippen LogP contribution in [0.2, 0.25) is 0 Å². The predicted molar refractivity (Wildman–Crippen MR) is 67.2 cm³/mol. The van der Waals surface area contributed by atoms with Crippen molar-refractivity contribution < 1.29 is 17.5 Å². The van der Waals surface area contributed by atoms with Crippen LogP contribution in [-0.2, 0) is 13.8 Å². The summed E-state index contributed by atoms with van der Waals surface area (Å²) in [5.74, 6) is 0.124. The van der Waals surface area contributed by atoms with Crippen LogP contribution in [0.4, 0.5) is 4.39 Å². The molecule has 2 rings (SSSR count). The van der Waals surface area contributed by atoms with E-state index in [1.807, 2.05) is 0 Å². The van der Waals surface area contributed by atoms with Gasteiger partial charge in [-0.2, -0.15) is 0 Å². The first-order valence-electron chi connectivity index (χ1n) is 5.73. The fraction of sp³-hybridized carbons (Fsp3) is 0.500. The van der Waals surface area contributed by atoms with Gasteiger partial charge in [-0.25, -0.2) is 12.8 Å². The van der Waals surface area contributed by atoms with Gasteiger partial charge in [-0.3, -0.25) is 0 Å². The first-order valence-corrected chi connectivity index (χ1v) is 8.04. The van der Waals surface area contributed by atoms with E-state index in [9.17, 15) is 12.8 Å². The zero-order valence-corrected chi connectivity index (χ0v) is 11.3.